The smallest absolute Gasteiger partial charge is 0.303 e. The number of nitrogens with one attached hydrogen (secondary N) is 1. The summed E-state index contributed by atoms with van der Waals surface area (Å²) in [4.78, 5) is 12.9. The van der Waals surface area contributed by atoms with Gasteiger partial charge < -0.3 is 15.3 Å². The lowest BCUT2D eigenvalue weighted by molar-refractivity contribution is -0.137. The second kappa shape index (κ2) is 5.87. The maximum absolute atomic E-state index is 10.6. The summed E-state index contributed by atoms with van der Waals surface area (Å²) in [5.41, 5.74) is 2.49. The molecule has 2 N–H and O–H groups in total. The Hall–Kier alpha value is -1.55. The number of aryl methyl sites for hydroxylation is 1. The van der Waals surface area contributed by atoms with E-state index in [0.29, 0.717) is 6.42 Å². The van der Waals surface area contributed by atoms with Crippen molar-refractivity contribution in [1.82, 2.24) is 5.32 Å². The molecule has 0 radical (unpaired) electrons. The van der Waals surface area contributed by atoms with Crippen molar-refractivity contribution >= 4 is 11.7 Å². The van der Waals surface area contributed by atoms with Gasteiger partial charge in [0.05, 0.1) is 0 Å². The Morgan fingerprint density at radius 1 is 1.56 bits per heavy atom. The molecule has 1 aliphatic heterocycles. The Morgan fingerprint density at radius 3 is 3.11 bits per heavy atom. The fourth-order valence-corrected chi connectivity index (χ4v) is 2.38. The summed E-state index contributed by atoms with van der Waals surface area (Å²) in [5, 5.41) is 12.1. The van der Waals surface area contributed by atoms with Crippen LogP contribution in [0.15, 0.2) is 24.3 Å². The first kappa shape index (κ1) is 12.9. The highest BCUT2D eigenvalue weighted by atomic mass is 16.4. The number of piperazine rings is 1. The lowest BCUT2D eigenvalue weighted by atomic mass is 10.1. The van der Waals surface area contributed by atoms with Gasteiger partial charge in [-0.3, -0.25) is 4.79 Å². The molecule has 1 unspecified atom stereocenters. The zero-order valence-corrected chi connectivity index (χ0v) is 10.7. The van der Waals surface area contributed by atoms with Gasteiger partial charge in [-0.05, 0) is 31.0 Å². The number of anilines is 1. The van der Waals surface area contributed by atoms with Gasteiger partial charge >= 0.3 is 5.97 Å². The first-order valence-corrected chi connectivity index (χ1v) is 6.42. The number of carbonyl (C=O) groups is 1. The van der Waals surface area contributed by atoms with E-state index in [1.807, 2.05) is 0 Å². The third-order valence-corrected chi connectivity index (χ3v) is 3.33. The predicted molar refractivity (Wildman–Crippen MR) is 72.1 cm³/mol. The molecule has 0 saturated carbocycles. The monoisotopic (exact) mass is 248 g/mol. The molecule has 0 amide bonds. The Labute approximate surface area is 108 Å². The molecule has 1 aromatic rings. The van der Waals surface area contributed by atoms with Crippen LogP contribution < -0.4 is 10.2 Å². The molecule has 0 aromatic heterocycles. The lowest BCUT2D eigenvalue weighted by Crippen LogP contribution is -2.50. The van der Waals surface area contributed by atoms with Gasteiger partial charge in [-0.15, -0.1) is 0 Å². The standard InChI is InChI=1S/C14H20N2O2/c1-11-3-2-4-13(9-11)16-8-7-15-12(10-16)5-6-14(17)18/h2-4,9,12,15H,5-8,10H2,1H3,(H,17,18). The molecule has 1 saturated heterocycles. The number of hydrogen-bond acceptors (Lipinski definition) is 3. The van der Waals surface area contributed by atoms with Gasteiger partial charge in [0, 0.05) is 37.8 Å². The van der Waals surface area contributed by atoms with Crippen LogP contribution in [0.1, 0.15) is 18.4 Å². The van der Waals surface area contributed by atoms with E-state index < -0.39 is 5.97 Å². The Bertz CT molecular complexity index is 420. The number of aliphatic carboxylic acids is 1. The van der Waals surface area contributed by atoms with Gasteiger partial charge in [-0.25, -0.2) is 0 Å². The van der Waals surface area contributed by atoms with Crippen molar-refractivity contribution < 1.29 is 9.90 Å². The van der Waals surface area contributed by atoms with Crippen LogP contribution in [0.5, 0.6) is 0 Å². The average molecular weight is 248 g/mol. The summed E-state index contributed by atoms with van der Waals surface area (Å²) in [5.74, 6) is -0.718. The van der Waals surface area contributed by atoms with Gasteiger partial charge in [0.25, 0.3) is 0 Å². The molecule has 1 heterocycles. The number of carboxylic acid groups (broad SMARTS) is 1. The second-order valence-corrected chi connectivity index (χ2v) is 4.87. The minimum atomic E-state index is -0.718. The molecule has 1 aromatic carbocycles. The molecular weight excluding hydrogens is 228 g/mol. The molecule has 1 fully saturated rings. The molecule has 1 atom stereocenters. The highest BCUT2D eigenvalue weighted by Crippen LogP contribution is 2.18. The van der Waals surface area contributed by atoms with Crippen molar-refractivity contribution in [3.05, 3.63) is 29.8 Å². The molecule has 2 rings (SSSR count). The zero-order chi connectivity index (χ0) is 13.0. The van der Waals surface area contributed by atoms with E-state index in [1.165, 1.54) is 11.3 Å². The van der Waals surface area contributed by atoms with Crippen molar-refractivity contribution in [2.75, 3.05) is 24.5 Å². The summed E-state index contributed by atoms with van der Waals surface area (Å²) >= 11 is 0. The summed E-state index contributed by atoms with van der Waals surface area (Å²) in [6.07, 6.45) is 0.928. The lowest BCUT2D eigenvalue weighted by Gasteiger charge is -2.35. The van der Waals surface area contributed by atoms with Gasteiger partial charge in [-0.1, -0.05) is 12.1 Å². The van der Waals surface area contributed by atoms with E-state index in [4.69, 9.17) is 5.11 Å². The molecule has 0 spiro atoms. The van der Waals surface area contributed by atoms with Crippen molar-refractivity contribution in [1.29, 1.82) is 0 Å². The number of benzene rings is 1. The van der Waals surface area contributed by atoms with Crippen molar-refractivity contribution in [3.8, 4) is 0 Å². The van der Waals surface area contributed by atoms with Crippen LogP contribution in [-0.2, 0) is 4.79 Å². The third kappa shape index (κ3) is 3.47. The number of hydrogen-bond donors (Lipinski definition) is 2. The maximum Gasteiger partial charge on any atom is 0.303 e. The zero-order valence-electron chi connectivity index (χ0n) is 10.7. The van der Waals surface area contributed by atoms with E-state index >= 15 is 0 Å². The molecule has 4 heteroatoms. The van der Waals surface area contributed by atoms with Gasteiger partial charge in [0.15, 0.2) is 0 Å². The largest absolute Gasteiger partial charge is 0.481 e. The predicted octanol–water partition coefficient (Wildman–Crippen LogP) is 1.64. The van der Waals surface area contributed by atoms with E-state index in [2.05, 4.69) is 41.4 Å². The van der Waals surface area contributed by atoms with E-state index in [-0.39, 0.29) is 12.5 Å². The second-order valence-electron chi connectivity index (χ2n) is 4.87. The highest BCUT2D eigenvalue weighted by Gasteiger charge is 2.20. The van der Waals surface area contributed by atoms with Crippen LogP contribution in [0.2, 0.25) is 0 Å². The number of carboxylic acids is 1. The SMILES string of the molecule is Cc1cccc(N2CCNC(CCC(=O)O)C2)c1. The molecule has 18 heavy (non-hydrogen) atoms. The van der Waals surface area contributed by atoms with Gasteiger partial charge in [0.2, 0.25) is 0 Å². The molecule has 0 bridgehead atoms. The van der Waals surface area contributed by atoms with Crippen LogP contribution in [0, 0.1) is 6.92 Å². The number of rotatable bonds is 4. The molecule has 1 aliphatic rings. The Balaban J connectivity index is 1.96. The maximum atomic E-state index is 10.6. The molecule has 4 nitrogen and oxygen atoms in total. The summed E-state index contributed by atoms with van der Waals surface area (Å²) in [6.45, 7) is 4.87. The third-order valence-electron chi connectivity index (χ3n) is 3.33. The van der Waals surface area contributed by atoms with E-state index in [9.17, 15) is 4.79 Å². The van der Waals surface area contributed by atoms with Crippen molar-refractivity contribution in [2.45, 2.75) is 25.8 Å². The minimum absolute atomic E-state index is 0.235. The quantitative estimate of drug-likeness (QED) is 0.850. The minimum Gasteiger partial charge on any atom is -0.481 e. The van der Waals surface area contributed by atoms with Crippen LogP contribution in [0.4, 0.5) is 5.69 Å². The fourth-order valence-electron chi connectivity index (χ4n) is 2.38. The normalized spacial score (nSPS) is 19.8. The molecule has 0 aliphatic carbocycles. The molecule has 98 valence electrons. The van der Waals surface area contributed by atoms with Crippen LogP contribution >= 0.6 is 0 Å². The topological polar surface area (TPSA) is 52.6 Å². The fraction of sp³-hybridized carbons (Fsp3) is 0.500. The summed E-state index contributed by atoms with van der Waals surface area (Å²) in [7, 11) is 0. The Kier molecular flexibility index (Phi) is 4.20. The van der Waals surface area contributed by atoms with Gasteiger partial charge in [-0.2, -0.15) is 0 Å². The van der Waals surface area contributed by atoms with Crippen LogP contribution in [0.3, 0.4) is 0 Å². The molecular formula is C14H20N2O2. The summed E-state index contributed by atoms with van der Waals surface area (Å²) < 4.78 is 0. The Morgan fingerprint density at radius 2 is 2.39 bits per heavy atom. The van der Waals surface area contributed by atoms with Crippen LogP contribution in [-0.4, -0.2) is 36.8 Å². The van der Waals surface area contributed by atoms with Crippen molar-refractivity contribution in [2.24, 2.45) is 0 Å². The summed E-state index contributed by atoms with van der Waals surface area (Å²) in [6, 6.07) is 8.73. The average Bonchev–Trinajstić information content (AvgIpc) is 2.37. The number of nitrogens with zero attached hydrogens (tertiary/aromatic N) is 1. The van der Waals surface area contributed by atoms with Crippen molar-refractivity contribution in [3.63, 3.8) is 0 Å². The van der Waals surface area contributed by atoms with Crippen LogP contribution in [0.25, 0.3) is 0 Å². The van der Waals surface area contributed by atoms with Gasteiger partial charge in [0.1, 0.15) is 0 Å². The highest BCUT2D eigenvalue weighted by molar-refractivity contribution is 5.66. The van der Waals surface area contributed by atoms with E-state index in [0.717, 1.165) is 19.6 Å². The first-order valence-electron chi connectivity index (χ1n) is 6.42. The first-order chi connectivity index (χ1) is 8.65. The van der Waals surface area contributed by atoms with E-state index in [1.54, 1.807) is 0 Å².